The molecule has 0 unspecified atom stereocenters. The van der Waals surface area contributed by atoms with Gasteiger partial charge in [0.1, 0.15) is 0 Å². The maximum atomic E-state index is 11.3. The number of urea groups is 1. The zero-order valence-electron chi connectivity index (χ0n) is 8.46. The standard InChI is InChI=1S/C11H10BrN3O/c1-8(12)7-14-11(16)15-10-4-2-9(6-13)3-5-10/h2-5H,1,7H2,(H2,14,15,16). The Morgan fingerprint density at radius 3 is 2.56 bits per heavy atom. The van der Waals surface area contributed by atoms with E-state index >= 15 is 0 Å². The molecule has 0 bridgehead atoms. The molecule has 2 N–H and O–H groups in total. The van der Waals surface area contributed by atoms with Crippen LogP contribution in [0.3, 0.4) is 0 Å². The summed E-state index contributed by atoms with van der Waals surface area (Å²) in [7, 11) is 0. The number of nitriles is 1. The van der Waals surface area contributed by atoms with Crippen LogP contribution in [-0.2, 0) is 0 Å². The highest BCUT2D eigenvalue weighted by molar-refractivity contribution is 9.11. The first-order valence-electron chi connectivity index (χ1n) is 4.50. The average molecular weight is 280 g/mol. The number of nitrogens with zero attached hydrogens (tertiary/aromatic N) is 1. The van der Waals surface area contributed by atoms with E-state index in [-0.39, 0.29) is 6.03 Å². The first-order chi connectivity index (χ1) is 7.61. The van der Waals surface area contributed by atoms with Gasteiger partial charge < -0.3 is 10.6 Å². The van der Waals surface area contributed by atoms with Gasteiger partial charge in [0, 0.05) is 10.2 Å². The maximum absolute atomic E-state index is 11.3. The molecule has 16 heavy (non-hydrogen) atoms. The number of hydrogen-bond acceptors (Lipinski definition) is 2. The average Bonchev–Trinajstić information content (AvgIpc) is 2.27. The van der Waals surface area contributed by atoms with Gasteiger partial charge in [0.25, 0.3) is 0 Å². The van der Waals surface area contributed by atoms with Crippen molar-refractivity contribution in [1.29, 1.82) is 5.26 Å². The molecule has 2 amide bonds. The molecule has 0 saturated carbocycles. The summed E-state index contributed by atoms with van der Waals surface area (Å²) in [6.45, 7) is 3.96. The molecular weight excluding hydrogens is 270 g/mol. The normalized spacial score (nSPS) is 9.00. The molecule has 0 aliphatic heterocycles. The fraction of sp³-hybridized carbons (Fsp3) is 0.0909. The second-order valence-electron chi connectivity index (χ2n) is 3.01. The van der Waals surface area contributed by atoms with Crippen LogP contribution in [0.1, 0.15) is 5.56 Å². The lowest BCUT2D eigenvalue weighted by molar-refractivity contribution is 0.253. The number of halogens is 1. The lowest BCUT2D eigenvalue weighted by Gasteiger charge is -2.06. The number of hydrogen-bond donors (Lipinski definition) is 2. The molecule has 0 fully saturated rings. The van der Waals surface area contributed by atoms with Crippen molar-refractivity contribution in [3.8, 4) is 6.07 Å². The summed E-state index contributed by atoms with van der Waals surface area (Å²) in [5, 5.41) is 13.8. The van der Waals surface area contributed by atoms with E-state index in [1.54, 1.807) is 24.3 Å². The van der Waals surface area contributed by atoms with Crippen LogP contribution >= 0.6 is 15.9 Å². The van der Waals surface area contributed by atoms with Crippen molar-refractivity contribution in [2.45, 2.75) is 0 Å². The van der Waals surface area contributed by atoms with Crippen molar-refractivity contribution >= 4 is 27.6 Å². The molecule has 0 aromatic heterocycles. The van der Waals surface area contributed by atoms with E-state index in [1.165, 1.54) is 0 Å². The van der Waals surface area contributed by atoms with Crippen LogP contribution < -0.4 is 10.6 Å². The largest absolute Gasteiger partial charge is 0.333 e. The van der Waals surface area contributed by atoms with Crippen LogP contribution in [0.5, 0.6) is 0 Å². The van der Waals surface area contributed by atoms with Crippen LogP contribution in [0.4, 0.5) is 10.5 Å². The molecule has 1 rings (SSSR count). The number of anilines is 1. The zero-order chi connectivity index (χ0) is 12.0. The minimum atomic E-state index is -0.315. The lowest BCUT2D eigenvalue weighted by atomic mass is 10.2. The third kappa shape index (κ3) is 4.15. The van der Waals surface area contributed by atoms with Crippen molar-refractivity contribution in [3.63, 3.8) is 0 Å². The number of carbonyl (C=O) groups is 1. The van der Waals surface area contributed by atoms with Crippen molar-refractivity contribution in [3.05, 3.63) is 40.9 Å². The molecule has 82 valence electrons. The third-order valence-corrected chi connectivity index (χ3v) is 1.99. The molecule has 5 heteroatoms. The van der Waals surface area contributed by atoms with Gasteiger partial charge in [-0.05, 0) is 24.3 Å². The molecule has 1 aromatic carbocycles. The number of nitrogens with one attached hydrogen (secondary N) is 2. The van der Waals surface area contributed by atoms with Crippen LogP contribution in [-0.4, -0.2) is 12.6 Å². The monoisotopic (exact) mass is 279 g/mol. The van der Waals surface area contributed by atoms with Gasteiger partial charge in [0.2, 0.25) is 0 Å². The van der Waals surface area contributed by atoms with Crippen LogP contribution in [0.15, 0.2) is 35.3 Å². The molecule has 0 aliphatic carbocycles. The Morgan fingerprint density at radius 2 is 2.06 bits per heavy atom. The fourth-order valence-corrected chi connectivity index (χ4v) is 1.12. The molecule has 0 radical (unpaired) electrons. The molecule has 0 heterocycles. The van der Waals surface area contributed by atoms with Gasteiger partial charge in [-0.15, -0.1) is 0 Å². The van der Waals surface area contributed by atoms with Crippen LogP contribution in [0, 0.1) is 11.3 Å². The molecule has 4 nitrogen and oxygen atoms in total. The number of benzene rings is 1. The molecular formula is C11H10BrN3O. The van der Waals surface area contributed by atoms with Gasteiger partial charge in [-0.1, -0.05) is 22.5 Å². The Balaban J connectivity index is 2.50. The van der Waals surface area contributed by atoms with Crippen molar-refractivity contribution < 1.29 is 4.79 Å². The smallest absolute Gasteiger partial charge is 0.319 e. The van der Waals surface area contributed by atoms with Crippen molar-refractivity contribution in [2.75, 3.05) is 11.9 Å². The van der Waals surface area contributed by atoms with E-state index in [0.29, 0.717) is 22.3 Å². The third-order valence-electron chi connectivity index (χ3n) is 1.71. The minimum Gasteiger partial charge on any atom is -0.333 e. The number of rotatable bonds is 3. The Labute approximate surface area is 102 Å². The Kier molecular flexibility index (Phi) is 4.55. The predicted octanol–water partition coefficient (Wildman–Crippen LogP) is 2.59. The first kappa shape index (κ1) is 12.3. The van der Waals surface area contributed by atoms with E-state index < -0.39 is 0 Å². The van der Waals surface area contributed by atoms with E-state index in [9.17, 15) is 4.79 Å². The summed E-state index contributed by atoms with van der Waals surface area (Å²) >= 11 is 3.13. The quantitative estimate of drug-likeness (QED) is 0.893. The Morgan fingerprint density at radius 1 is 1.44 bits per heavy atom. The highest BCUT2D eigenvalue weighted by atomic mass is 79.9. The summed E-state index contributed by atoms with van der Waals surface area (Å²) in [5.41, 5.74) is 1.19. The van der Waals surface area contributed by atoms with Crippen LogP contribution in [0.25, 0.3) is 0 Å². The summed E-state index contributed by atoms with van der Waals surface area (Å²) in [6, 6.07) is 8.30. The first-order valence-corrected chi connectivity index (χ1v) is 5.29. The maximum Gasteiger partial charge on any atom is 0.319 e. The second kappa shape index (κ2) is 5.93. The summed E-state index contributed by atoms with van der Waals surface area (Å²) < 4.78 is 0.697. The molecule has 0 aliphatic rings. The van der Waals surface area contributed by atoms with E-state index in [1.807, 2.05) is 6.07 Å². The lowest BCUT2D eigenvalue weighted by Crippen LogP contribution is -2.29. The summed E-state index contributed by atoms with van der Waals surface area (Å²) in [6.07, 6.45) is 0. The summed E-state index contributed by atoms with van der Waals surface area (Å²) in [4.78, 5) is 11.3. The van der Waals surface area contributed by atoms with Crippen molar-refractivity contribution in [2.24, 2.45) is 0 Å². The second-order valence-corrected chi connectivity index (χ2v) is 4.14. The SMILES string of the molecule is C=C(Br)CNC(=O)Nc1ccc(C#N)cc1. The van der Waals surface area contributed by atoms with Crippen molar-refractivity contribution in [1.82, 2.24) is 5.32 Å². The molecule has 0 saturated heterocycles. The predicted molar refractivity (Wildman–Crippen MR) is 66.2 cm³/mol. The highest BCUT2D eigenvalue weighted by Crippen LogP contribution is 2.08. The Bertz CT molecular complexity index is 434. The van der Waals surface area contributed by atoms with E-state index in [0.717, 1.165) is 0 Å². The fourth-order valence-electron chi connectivity index (χ4n) is 0.980. The minimum absolute atomic E-state index is 0.315. The number of amides is 2. The van der Waals surface area contributed by atoms with Crippen LogP contribution in [0.2, 0.25) is 0 Å². The van der Waals surface area contributed by atoms with Gasteiger partial charge in [-0.2, -0.15) is 5.26 Å². The Hall–Kier alpha value is -1.80. The van der Waals surface area contributed by atoms with E-state index in [4.69, 9.17) is 5.26 Å². The topological polar surface area (TPSA) is 64.9 Å². The van der Waals surface area contributed by atoms with Gasteiger partial charge >= 0.3 is 6.03 Å². The molecule has 0 spiro atoms. The molecule has 1 aromatic rings. The zero-order valence-corrected chi connectivity index (χ0v) is 10.0. The highest BCUT2D eigenvalue weighted by Gasteiger charge is 2.00. The van der Waals surface area contributed by atoms with Gasteiger partial charge in [-0.3, -0.25) is 0 Å². The van der Waals surface area contributed by atoms with Gasteiger partial charge in [0.15, 0.2) is 0 Å². The van der Waals surface area contributed by atoms with Gasteiger partial charge in [-0.25, -0.2) is 4.79 Å². The molecule has 0 atom stereocenters. The summed E-state index contributed by atoms with van der Waals surface area (Å²) in [5.74, 6) is 0. The van der Waals surface area contributed by atoms with Gasteiger partial charge in [0.05, 0.1) is 18.2 Å². The van der Waals surface area contributed by atoms with E-state index in [2.05, 4.69) is 33.1 Å². The number of carbonyl (C=O) groups excluding carboxylic acids is 1.